The number of rotatable bonds is 5. The molecule has 1 heterocycles. The smallest absolute Gasteiger partial charge is 0.241 e. The van der Waals surface area contributed by atoms with Crippen LogP contribution in [-0.2, 0) is 4.79 Å². The van der Waals surface area contributed by atoms with Gasteiger partial charge in [-0.05, 0) is 30.2 Å². The molecule has 2 fully saturated rings. The first-order valence-electron chi connectivity index (χ1n) is 7.74. The van der Waals surface area contributed by atoms with Crippen LogP contribution in [0.15, 0.2) is 30.3 Å². The molecule has 0 aromatic heterocycles. The minimum absolute atomic E-state index is 0.00689. The molecule has 1 aliphatic heterocycles. The summed E-state index contributed by atoms with van der Waals surface area (Å²) in [5.74, 6) is 0.286. The Morgan fingerprint density at radius 3 is 2.60 bits per heavy atom. The van der Waals surface area contributed by atoms with Crippen molar-refractivity contribution in [1.29, 1.82) is 0 Å². The van der Waals surface area contributed by atoms with Crippen LogP contribution in [0.3, 0.4) is 0 Å². The first kappa shape index (κ1) is 13.6. The lowest BCUT2D eigenvalue weighted by molar-refractivity contribution is -0.131. The van der Waals surface area contributed by atoms with Crippen molar-refractivity contribution in [3.05, 3.63) is 35.9 Å². The lowest BCUT2D eigenvalue weighted by atomic mass is 10.1. The van der Waals surface area contributed by atoms with Gasteiger partial charge in [-0.15, -0.1) is 0 Å². The number of amides is 1. The summed E-state index contributed by atoms with van der Waals surface area (Å²) >= 11 is 0. The maximum absolute atomic E-state index is 12.6. The number of benzene rings is 1. The Bertz CT molecular complexity index is 481. The fourth-order valence-electron chi connectivity index (χ4n) is 3.04. The van der Waals surface area contributed by atoms with Crippen LogP contribution < -0.4 is 5.32 Å². The first-order valence-corrected chi connectivity index (χ1v) is 7.74. The Morgan fingerprint density at radius 1 is 1.30 bits per heavy atom. The molecule has 1 saturated carbocycles. The molecule has 0 spiro atoms. The molecular formula is C17H24N2O. The average molecular weight is 272 g/mol. The fraction of sp³-hybridized carbons (Fsp3) is 0.588. The average Bonchev–Trinajstić information content (AvgIpc) is 3.12. The van der Waals surface area contributed by atoms with E-state index in [1.54, 1.807) is 0 Å². The number of nitrogens with zero attached hydrogens (tertiary/aromatic N) is 1. The zero-order chi connectivity index (χ0) is 14.2. The third-order valence-electron chi connectivity index (χ3n) is 4.60. The Hall–Kier alpha value is -1.35. The monoisotopic (exact) mass is 272 g/mol. The lowest BCUT2D eigenvalue weighted by Gasteiger charge is -2.27. The summed E-state index contributed by atoms with van der Waals surface area (Å²) in [6, 6.07) is 10.3. The van der Waals surface area contributed by atoms with Crippen LogP contribution >= 0.6 is 0 Å². The predicted molar refractivity (Wildman–Crippen MR) is 80.1 cm³/mol. The van der Waals surface area contributed by atoms with Crippen molar-refractivity contribution in [2.24, 2.45) is 5.41 Å². The minimum Gasteiger partial charge on any atom is -0.321 e. The summed E-state index contributed by atoms with van der Waals surface area (Å²) in [7, 11) is 0. The van der Waals surface area contributed by atoms with E-state index >= 15 is 0 Å². The second-order valence-corrected chi connectivity index (χ2v) is 6.60. The maximum atomic E-state index is 12.6. The summed E-state index contributed by atoms with van der Waals surface area (Å²) in [4.78, 5) is 14.7. The maximum Gasteiger partial charge on any atom is 0.241 e. The molecule has 2 atom stereocenters. The highest BCUT2D eigenvalue weighted by molar-refractivity contribution is 5.84. The molecule has 2 aliphatic rings. The van der Waals surface area contributed by atoms with Gasteiger partial charge in [0.15, 0.2) is 0 Å². The number of carbonyl (C=O) groups is 1. The van der Waals surface area contributed by atoms with Crippen LogP contribution in [-0.4, -0.2) is 23.4 Å². The van der Waals surface area contributed by atoms with Crippen molar-refractivity contribution in [3.8, 4) is 0 Å². The first-order chi connectivity index (χ1) is 9.63. The summed E-state index contributed by atoms with van der Waals surface area (Å²) in [5.41, 5.74) is 1.55. The van der Waals surface area contributed by atoms with Crippen molar-refractivity contribution < 1.29 is 4.79 Å². The van der Waals surface area contributed by atoms with Crippen molar-refractivity contribution in [2.45, 2.75) is 51.7 Å². The van der Waals surface area contributed by atoms with Gasteiger partial charge in [0, 0.05) is 6.54 Å². The third-order valence-corrected chi connectivity index (χ3v) is 4.60. The number of hydrogen-bond acceptors (Lipinski definition) is 2. The number of nitrogens with one attached hydrogen (secondary N) is 1. The predicted octanol–water partition coefficient (Wildman–Crippen LogP) is 3.09. The zero-order valence-electron chi connectivity index (χ0n) is 12.4. The van der Waals surface area contributed by atoms with Crippen LogP contribution in [0, 0.1) is 5.41 Å². The van der Waals surface area contributed by atoms with Gasteiger partial charge in [0.1, 0.15) is 6.17 Å². The van der Waals surface area contributed by atoms with Gasteiger partial charge in [0.05, 0.1) is 6.04 Å². The fourth-order valence-corrected chi connectivity index (χ4v) is 3.04. The molecule has 0 bridgehead atoms. The summed E-state index contributed by atoms with van der Waals surface area (Å²) in [6.45, 7) is 5.31. The minimum atomic E-state index is -0.00689. The molecule has 3 nitrogen and oxygen atoms in total. The van der Waals surface area contributed by atoms with Gasteiger partial charge in [0.25, 0.3) is 0 Å². The van der Waals surface area contributed by atoms with Crippen LogP contribution in [0.4, 0.5) is 0 Å². The molecule has 1 saturated heterocycles. The summed E-state index contributed by atoms with van der Waals surface area (Å²) < 4.78 is 0. The van der Waals surface area contributed by atoms with Crippen LogP contribution in [0.2, 0.25) is 0 Å². The molecule has 108 valence electrons. The quantitative estimate of drug-likeness (QED) is 0.893. The van der Waals surface area contributed by atoms with Crippen LogP contribution in [0.1, 0.15) is 51.3 Å². The second kappa shape index (κ2) is 5.21. The van der Waals surface area contributed by atoms with E-state index in [4.69, 9.17) is 0 Å². The number of hydrogen-bond donors (Lipinski definition) is 1. The van der Waals surface area contributed by atoms with E-state index in [0.29, 0.717) is 5.41 Å². The molecule has 20 heavy (non-hydrogen) atoms. The van der Waals surface area contributed by atoms with Crippen LogP contribution in [0.5, 0.6) is 0 Å². The molecule has 1 aromatic carbocycles. The van der Waals surface area contributed by atoms with Gasteiger partial charge in [-0.25, -0.2) is 0 Å². The van der Waals surface area contributed by atoms with Gasteiger partial charge in [0.2, 0.25) is 5.91 Å². The van der Waals surface area contributed by atoms with Gasteiger partial charge < -0.3 is 4.90 Å². The van der Waals surface area contributed by atoms with E-state index in [9.17, 15) is 4.79 Å². The SMILES string of the molecule is CCCC1NC(c2ccccc2)N(CC2(C)CC2)C1=O. The van der Waals surface area contributed by atoms with E-state index in [1.165, 1.54) is 18.4 Å². The van der Waals surface area contributed by atoms with Crippen LogP contribution in [0.25, 0.3) is 0 Å². The summed E-state index contributed by atoms with van der Waals surface area (Å²) in [5, 5.41) is 3.53. The van der Waals surface area contributed by atoms with E-state index < -0.39 is 0 Å². The van der Waals surface area contributed by atoms with Crippen molar-refractivity contribution in [1.82, 2.24) is 10.2 Å². The van der Waals surface area contributed by atoms with E-state index in [0.717, 1.165) is 19.4 Å². The van der Waals surface area contributed by atoms with Gasteiger partial charge in [-0.2, -0.15) is 0 Å². The summed E-state index contributed by atoms with van der Waals surface area (Å²) in [6.07, 6.45) is 4.51. The highest BCUT2D eigenvalue weighted by Crippen LogP contribution is 2.47. The van der Waals surface area contributed by atoms with E-state index in [2.05, 4.69) is 36.2 Å². The van der Waals surface area contributed by atoms with Crippen molar-refractivity contribution in [2.75, 3.05) is 6.54 Å². The van der Waals surface area contributed by atoms with Crippen molar-refractivity contribution in [3.63, 3.8) is 0 Å². The highest BCUT2D eigenvalue weighted by Gasteiger charge is 2.46. The van der Waals surface area contributed by atoms with Gasteiger partial charge >= 0.3 is 0 Å². The Kier molecular flexibility index (Phi) is 3.55. The normalized spacial score (nSPS) is 27.9. The van der Waals surface area contributed by atoms with Gasteiger partial charge in [-0.3, -0.25) is 10.1 Å². The molecule has 3 rings (SSSR count). The Morgan fingerprint density at radius 2 is 2.00 bits per heavy atom. The molecule has 1 aromatic rings. The highest BCUT2D eigenvalue weighted by atomic mass is 16.2. The molecule has 1 N–H and O–H groups in total. The standard InChI is InChI=1S/C17H24N2O/c1-3-7-14-16(20)19(12-17(2)10-11-17)15(18-14)13-8-5-4-6-9-13/h4-6,8-9,14-15,18H,3,7,10-12H2,1-2H3. The van der Waals surface area contributed by atoms with Crippen molar-refractivity contribution >= 4 is 5.91 Å². The molecule has 1 amide bonds. The third kappa shape index (κ3) is 2.59. The van der Waals surface area contributed by atoms with E-state index in [1.807, 2.05) is 18.2 Å². The largest absolute Gasteiger partial charge is 0.321 e. The zero-order valence-corrected chi connectivity index (χ0v) is 12.4. The van der Waals surface area contributed by atoms with Gasteiger partial charge in [-0.1, -0.05) is 50.6 Å². The Balaban J connectivity index is 1.83. The van der Waals surface area contributed by atoms with E-state index in [-0.39, 0.29) is 18.1 Å². The second-order valence-electron chi connectivity index (χ2n) is 6.60. The molecule has 2 unspecified atom stereocenters. The molecular weight excluding hydrogens is 248 g/mol. The lowest BCUT2D eigenvalue weighted by Crippen LogP contribution is -2.35. The topological polar surface area (TPSA) is 32.3 Å². The molecule has 0 radical (unpaired) electrons. The molecule has 3 heteroatoms. The number of carbonyl (C=O) groups excluding carboxylic acids is 1. The Labute approximate surface area is 121 Å². The molecule has 1 aliphatic carbocycles.